The molecule has 0 atom stereocenters. The zero-order valence-electron chi connectivity index (χ0n) is 12.4. The quantitative estimate of drug-likeness (QED) is 0.534. The van der Waals surface area contributed by atoms with Crippen LogP contribution in [0.4, 0.5) is 0 Å². The van der Waals surface area contributed by atoms with Crippen LogP contribution in [0.2, 0.25) is 5.02 Å². The Morgan fingerprint density at radius 1 is 0.792 bits per heavy atom. The molecule has 0 fully saturated rings. The van der Waals surface area contributed by atoms with E-state index >= 15 is 0 Å². The van der Waals surface area contributed by atoms with Gasteiger partial charge in [0.2, 0.25) is 0 Å². The van der Waals surface area contributed by atoms with Gasteiger partial charge in [0, 0.05) is 30.9 Å². The molecule has 0 spiro atoms. The van der Waals surface area contributed by atoms with Crippen LogP contribution in [0, 0.1) is 13.8 Å². The highest BCUT2D eigenvalue weighted by Gasteiger charge is 2.12. The largest absolute Gasteiger partial charge is 0.261 e. The maximum atomic E-state index is 11.0. The predicted molar refractivity (Wildman–Crippen MR) is 101 cm³/mol. The first-order chi connectivity index (χ1) is 10.8. The standard InChI is InChI=1S/C8H8Cl2O2S.C6H4BrClO2S/c1-5-3-7(13(10,11)12)4-6(2)8(5)9;7-5-1-3-6(4-2-5)11(8,9)10/h3-4H,1-2H3;1-4H. The minimum absolute atomic E-state index is 0.0913. The van der Waals surface area contributed by atoms with E-state index in [0.29, 0.717) is 16.1 Å². The first kappa shape index (κ1) is 21.7. The molecule has 0 saturated heterocycles. The number of halogens is 4. The summed E-state index contributed by atoms with van der Waals surface area (Å²) in [7, 11) is 3.03. The monoisotopic (exact) mass is 492 g/mol. The molecule has 24 heavy (non-hydrogen) atoms. The summed E-state index contributed by atoms with van der Waals surface area (Å²) in [5.74, 6) is 0. The van der Waals surface area contributed by atoms with Crippen molar-refractivity contribution in [3.8, 4) is 0 Å². The van der Waals surface area contributed by atoms with Crippen LogP contribution in [0.3, 0.4) is 0 Å². The number of hydrogen-bond donors (Lipinski definition) is 0. The second kappa shape index (κ2) is 8.38. The third-order valence-electron chi connectivity index (χ3n) is 2.79. The smallest absolute Gasteiger partial charge is 0.207 e. The number of hydrogen-bond acceptors (Lipinski definition) is 4. The number of rotatable bonds is 2. The molecule has 2 aromatic carbocycles. The highest BCUT2D eigenvalue weighted by Crippen LogP contribution is 2.25. The van der Waals surface area contributed by atoms with Gasteiger partial charge in [-0.2, -0.15) is 0 Å². The van der Waals surface area contributed by atoms with Crippen LogP contribution in [-0.4, -0.2) is 16.8 Å². The van der Waals surface area contributed by atoms with Gasteiger partial charge >= 0.3 is 0 Å². The molecule has 4 nitrogen and oxygen atoms in total. The van der Waals surface area contributed by atoms with E-state index in [0.717, 1.165) is 4.47 Å². The molecule has 0 amide bonds. The van der Waals surface area contributed by atoms with Crippen LogP contribution >= 0.6 is 48.9 Å². The van der Waals surface area contributed by atoms with E-state index in [9.17, 15) is 16.8 Å². The molecule has 132 valence electrons. The fourth-order valence-corrected chi connectivity index (χ4v) is 3.69. The van der Waals surface area contributed by atoms with Gasteiger partial charge in [0.25, 0.3) is 18.1 Å². The molecule has 0 bridgehead atoms. The fraction of sp³-hybridized carbons (Fsp3) is 0.143. The topological polar surface area (TPSA) is 68.3 Å². The average Bonchev–Trinajstić information content (AvgIpc) is 2.43. The molecule has 0 unspecified atom stereocenters. The van der Waals surface area contributed by atoms with Crippen molar-refractivity contribution >= 4 is 67.0 Å². The van der Waals surface area contributed by atoms with Crippen LogP contribution in [0.5, 0.6) is 0 Å². The minimum atomic E-state index is -3.65. The van der Waals surface area contributed by atoms with E-state index in [2.05, 4.69) is 15.9 Å². The molecule has 0 aliphatic heterocycles. The van der Waals surface area contributed by atoms with Crippen LogP contribution in [-0.2, 0) is 18.1 Å². The molecular weight excluding hydrogens is 483 g/mol. The summed E-state index contributed by atoms with van der Waals surface area (Å²) < 4.78 is 44.2. The van der Waals surface area contributed by atoms with Crippen molar-refractivity contribution in [3.05, 3.63) is 57.0 Å². The van der Waals surface area contributed by atoms with E-state index in [-0.39, 0.29) is 9.79 Å². The summed E-state index contributed by atoms with van der Waals surface area (Å²) in [6.07, 6.45) is 0. The molecular formula is C14H12BrCl3O4S2. The summed E-state index contributed by atoms with van der Waals surface area (Å²) >= 11 is 9.04. The molecule has 0 heterocycles. The van der Waals surface area contributed by atoms with Crippen molar-refractivity contribution < 1.29 is 16.8 Å². The lowest BCUT2D eigenvalue weighted by Gasteiger charge is -2.04. The summed E-state index contributed by atoms with van der Waals surface area (Å²) in [6.45, 7) is 3.47. The summed E-state index contributed by atoms with van der Waals surface area (Å²) in [5, 5.41) is 0.573. The Hall–Kier alpha value is -0.310. The van der Waals surface area contributed by atoms with Gasteiger partial charge in [0.05, 0.1) is 9.79 Å². The summed E-state index contributed by atoms with van der Waals surface area (Å²) in [6, 6.07) is 9.03. The minimum Gasteiger partial charge on any atom is -0.207 e. The van der Waals surface area contributed by atoms with Gasteiger partial charge in [-0.3, -0.25) is 0 Å². The van der Waals surface area contributed by atoms with Gasteiger partial charge in [-0.05, 0) is 61.4 Å². The highest BCUT2D eigenvalue weighted by molar-refractivity contribution is 9.10. The molecule has 0 aliphatic carbocycles. The van der Waals surface area contributed by atoms with E-state index in [1.165, 1.54) is 24.3 Å². The van der Waals surface area contributed by atoms with Gasteiger partial charge < -0.3 is 0 Å². The molecule has 0 aliphatic rings. The Morgan fingerprint density at radius 3 is 1.50 bits per heavy atom. The lowest BCUT2D eigenvalue weighted by Crippen LogP contribution is -1.93. The van der Waals surface area contributed by atoms with Gasteiger partial charge in [-0.25, -0.2) is 16.8 Å². The first-order valence-electron chi connectivity index (χ1n) is 6.24. The van der Waals surface area contributed by atoms with Crippen molar-refractivity contribution in [2.75, 3.05) is 0 Å². The summed E-state index contributed by atoms with van der Waals surface area (Å²) in [5.41, 5.74) is 1.42. The first-order valence-corrected chi connectivity index (χ1v) is 12.0. The lowest BCUT2D eigenvalue weighted by atomic mass is 10.2. The van der Waals surface area contributed by atoms with Crippen LogP contribution in [0.1, 0.15) is 11.1 Å². The lowest BCUT2D eigenvalue weighted by molar-refractivity contribution is 0.608. The third-order valence-corrected chi connectivity index (χ3v) is 6.61. The fourth-order valence-electron chi connectivity index (χ4n) is 1.64. The number of benzene rings is 2. The molecule has 0 radical (unpaired) electrons. The van der Waals surface area contributed by atoms with Crippen molar-refractivity contribution in [1.82, 2.24) is 0 Å². The van der Waals surface area contributed by atoms with Crippen LogP contribution in [0.25, 0.3) is 0 Å². The van der Waals surface area contributed by atoms with Gasteiger partial charge in [-0.15, -0.1) is 0 Å². The second-order valence-electron chi connectivity index (χ2n) is 4.70. The Bertz CT molecular complexity index is 917. The van der Waals surface area contributed by atoms with Crippen LogP contribution < -0.4 is 0 Å². The van der Waals surface area contributed by atoms with Crippen molar-refractivity contribution in [2.45, 2.75) is 23.6 Å². The molecule has 0 N–H and O–H groups in total. The third kappa shape index (κ3) is 6.54. The van der Waals surface area contributed by atoms with Crippen molar-refractivity contribution in [1.29, 1.82) is 0 Å². The molecule has 0 saturated carbocycles. The predicted octanol–water partition coefficient (Wildman–Crippen LogP) is 5.26. The van der Waals surface area contributed by atoms with Gasteiger partial charge in [0.15, 0.2) is 0 Å². The van der Waals surface area contributed by atoms with Gasteiger partial charge in [-0.1, -0.05) is 27.5 Å². The Kier molecular flexibility index (Phi) is 7.59. The van der Waals surface area contributed by atoms with Crippen LogP contribution in [0.15, 0.2) is 50.7 Å². The molecule has 0 aromatic heterocycles. The Labute approximate surface area is 163 Å². The maximum absolute atomic E-state index is 11.0. The highest BCUT2D eigenvalue weighted by atomic mass is 79.9. The Balaban J connectivity index is 0.000000243. The zero-order chi connectivity index (χ0) is 18.7. The van der Waals surface area contributed by atoms with E-state index in [1.54, 1.807) is 26.0 Å². The molecule has 10 heteroatoms. The van der Waals surface area contributed by atoms with Crippen molar-refractivity contribution in [3.63, 3.8) is 0 Å². The van der Waals surface area contributed by atoms with E-state index < -0.39 is 18.1 Å². The maximum Gasteiger partial charge on any atom is 0.261 e. The molecule has 2 aromatic rings. The zero-order valence-corrected chi connectivity index (χ0v) is 17.9. The van der Waals surface area contributed by atoms with Crippen molar-refractivity contribution in [2.24, 2.45) is 0 Å². The summed E-state index contributed by atoms with van der Waals surface area (Å²) in [4.78, 5) is 0.205. The van der Waals surface area contributed by atoms with E-state index in [4.69, 9.17) is 33.0 Å². The normalized spacial score (nSPS) is 11.6. The SMILES string of the molecule is Cc1cc(S(=O)(=O)Cl)cc(C)c1Cl.O=S(=O)(Cl)c1ccc(Br)cc1. The van der Waals surface area contributed by atoms with E-state index in [1.807, 2.05) is 0 Å². The van der Waals surface area contributed by atoms with Gasteiger partial charge in [0.1, 0.15) is 0 Å². The molecule has 2 rings (SSSR count). The average molecular weight is 495 g/mol. The number of aryl methyl sites for hydroxylation is 2. The Morgan fingerprint density at radius 2 is 1.17 bits per heavy atom. The second-order valence-corrected chi connectivity index (χ2v) is 11.1.